The summed E-state index contributed by atoms with van der Waals surface area (Å²) in [6.07, 6.45) is 1.76. The maximum Gasteiger partial charge on any atom is 0.150 e. The van der Waals surface area contributed by atoms with Crippen LogP contribution in [-0.4, -0.2) is 6.29 Å². The van der Waals surface area contributed by atoms with E-state index in [1.165, 1.54) is 11.1 Å². The third kappa shape index (κ3) is 2.80. The molecule has 0 aromatic heterocycles. The smallest absolute Gasteiger partial charge is 0.150 e. The molecular formula is C14H11BrO. The summed E-state index contributed by atoms with van der Waals surface area (Å²) in [7, 11) is 0. The molecule has 2 rings (SSSR count). The monoisotopic (exact) mass is 274 g/mol. The molecule has 0 unspecified atom stereocenters. The summed E-state index contributed by atoms with van der Waals surface area (Å²) in [5.74, 6) is 0. The summed E-state index contributed by atoms with van der Waals surface area (Å²) in [6, 6.07) is 15.9. The second kappa shape index (κ2) is 5.08. The van der Waals surface area contributed by atoms with Crippen molar-refractivity contribution in [2.75, 3.05) is 0 Å². The van der Waals surface area contributed by atoms with Gasteiger partial charge in [0.05, 0.1) is 0 Å². The zero-order valence-corrected chi connectivity index (χ0v) is 10.3. The lowest BCUT2D eigenvalue weighted by Gasteiger charge is -2.02. The van der Waals surface area contributed by atoms with Crippen LogP contribution in [0.15, 0.2) is 53.0 Å². The Balaban J connectivity index is 2.14. The van der Waals surface area contributed by atoms with Crippen LogP contribution in [0.25, 0.3) is 0 Å². The Hall–Kier alpha value is -1.41. The van der Waals surface area contributed by atoms with Crippen LogP contribution < -0.4 is 0 Å². The summed E-state index contributed by atoms with van der Waals surface area (Å²) in [5.41, 5.74) is 3.20. The van der Waals surface area contributed by atoms with Crippen molar-refractivity contribution >= 4 is 22.2 Å². The summed E-state index contributed by atoms with van der Waals surface area (Å²) in [4.78, 5) is 10.5. The van der Waals surface area contributed by atoms with Gasteiger partial charge in [-0.05, 0) is 29.7 Å². The first-order valence-electron chi connectivity index (χ1n) is 5.06. The third-order valence-corrected chi connectivity index (χ3v) is 2.97. The fraction of sp³-hybridized carbons (Fsp3) is 0.0714. The van der Waals surface area contributed by atoms with Gasteiger partial charge in [-0.1, -0.05) is 52.3 Å². The zero-order chi connectivity index (χ0) is 11.4. The first kappa shape index (κ1) is 11.1. The fourth-order valence-corrected chi connectivity index (χ4v) is 1.82. The zero-order valence-electron chi connectivity index (χ0n) is 8.69. The van der Waals surface area contributed by atoms with Crippen molar-refractivity contribution in [2.45, 2.75) is 6.42 Å². The number of hydrogen-bond donors (Lipinski definition) is 0. The van der Waals surface area contributed by atoms with Crippen LogP contribution in [0, 0.1) is 0 Å². The first-order valence-corrected chi connectivity index (χ1v) is 5.86. The van der Waals surface area contributed by atoms with Gasteiger partial charge >= 0.3 is 0 Å². The highest BCUT2D eigenvalue weighted by Crippen LogP contribution is 2.14. The molecule has 16 heavy (non-hydrogen) atoms. The molecule has 0 aliphatic carbocycles. The molecule has 1 nitrogen and oxygen atoms in total. The maximum absolute atomic E-state index is 10.5. The molecule has 0 heterocycles. The molecule has 2 aromatic rings. The standard InChI is InChI=1S/C14H11BrO/c15-14-7-5-12(6-8-14)9-11-1-3-13(10-16)4-2-11/h1-8,10H,9H2. The van der Waals surface area contributed by atoms with Gasteiger partial charge in [-0.15, -0.1) is 0 Å². The largest absolute Gasteiger partial charge is 0.298 e. The van der Waals surface area contributed by atoms with Crippen molar-refractivity contribution < 1.29 is 4.79 Å². The second-order valence-corrected chi connectivity index (χ2v) is 4.58. The van der Waals surface area contributed by atoms with Crippen molar-refractivity contribution in [1.29, 1.82) is 0 Å². The van der Waals surface area contributed by atoms with E-state index >= 15 is 0 Å². The molecule has 0 aliphatic heterocycles. The molecule has 0 bridgehead atoms. The summed E-state index contributed by atoms with van der Waals surface area (Å²) in [5, 5.41) is 0. The molecule has 2 aromatic carbocycles. The number of rotatable bonds is 3. The average molecular weight is 275 g/mol. The Morgan fingerprint density at radius 3 is 1.88 bits per heavy atom. The minimum absolute atomic E-state index is 0.722. The lowest BCUT2D eigenvalue weighted by atomic mass is 10.0. The number of hydrogen-bond acceptors (Lipinski definition) is 1. The van der Waals surface area contributed by atoms with Gasteiger partial charge < -0.3 is 0 Å². The topological polar surface area (TPSA) is 17.1 Å². The molecule has 0 aliphatic rings. The van der Waals surface area contributed by atoms with Gasteiger partial charge in [0.25, 0.3) is 0 Å². The van der Waals surface area contributed by atoms with E-state index in [-0.39, 0.29) is 0 Å². The predicted molar refractivity (Wildman–Crippen MR) is 68.8 cm³/mol. The van der Waals surface area contributed by atoms with E-state index in [2.05, 4.69) is 28.1 Å². The minimum Gasteiger partial charge on any atom is -0.298 e. The van der Waals surface area contributed by atoms with Crippen LogP contribution in [-0.2, 0) is 6.42 Å². The molecular weight excluding hydrogens is 264 g/mol. The van der Waals surface area contributed by atoms with Crippen molar-refractivity contribution in [3.8, 4) is 0 Å². The Bertz CT molecular complexity index is 471. The average Bonchev–Trinajstić information content (AvgIpc) is 2.33. The normalized spacial score (nSPS) is 10.1. The number of aldehydes is 1. The summed E-state index contributed by atoms with van der Waals surface area (Å²) >= 11 is 3.41. The molecule has 0 saturated carbocycles. The second-order valence-electron chi connectivity index (χ2n) is 3.66. The van der Waals surface area contributed by atoms with E-state index in [1.54, 1.807) is 0 Å². The van der Waals surface area contributed by atoms with Crippen molar-refractivity contribution in [3.05, 3.63) is 69.7 Å². The maximum atomic E-state index is 10.5. The number of benzene rings is 2. The van der Waals surface area contributed by atoms with Crippen LogP contribution >= 0.6 is 15.9 Å². The van der Waals surface area contributed by atoms with E-state index in [0.717, 1.165) is 22.7 Å². The molecule has 0 atom stereocenters. The number of carbonyl (C=O) groups excluding carboxylic acids is 1. The van der Waals surface area contributed by atoms with Gasteiger partial charge in [-0.3, -0.25) is 4.79 Å². The van der Waals surface area contributed by atoms with Crippen LogP contribution in [0.2, 0.25) is 0 Å². The molecule has 0 amide bonds. The highest BCUT2D eigenvalue weighted by molar-refractivity contribution is 9.10. The van der Waals surface area contributed by atoms with E-state index in [9.17, 15) is 4.79 Å². The Morgan fingerprint density at radius 1 is 0.875 bits per heavy atom. The number of halogens is 1. The Kier molecular flexibility index (Phi) is 3.52. The molecule has 0 radical (unpaired) electrons. The van der Waals surface area contributed by atoms with Gasteiger partial charge in [0.15, 0.2) is 0 Å². The highest BCUT2D eigenvalue weighted by Gasteiger charge is 1.97. The lowest BCUT2D eigenvalue weighted by molar-refractivity contribution is 0.112. The third-order valence-electron chi connectivity index (χ3n) is 2.44. The lowest BCUT2D eigenvalue weighted by Crippen LogP contribution is -1.88. The molecule has 0 spiro atoms. The van der Waals surface area contributed by atoms with Crippen molar-refractivity contribution in [1.82, 2.24) is 0 Å². The molecule has 0 fully saturated rings. The Labute approximate surface area is 103 Å². The van der Waals surface area contributed by atoms with Crippen molar-refractivity contribution in [3.63, 3.8) is 0 Å². The SMILES string of the molecule is O=Cc1ccc(Cc2ccc(Br)cc2)cc1. The summed E-state index contributed by atoms with van der Waals surface area (Å²) in [6.45, 7) is 0. The van der Waals surface area contributed by atoms with Crippen LogP contribution in [0.4, 0.5) is 0 Å². The van der Waals surface area contributed by atoms with Crippen LogP contribution in [0.3, 0.4) is 0 Å². The van der Waals surface area contributed by atoms with Crippen LogP contribution in [0.1, 0.15) is 21.5 Å². The van der Waals surface area contributed by atoms with Crippen LogP contribution in [0.5, 0.6) is 0 Å². The minimum atomic E-state index is 0.722. The molecule has 0 saturated heterocycles. The molecule has 80 valence electrons. The van der Waals surface area contributed by atoms with Crippen molar-refractivity contribution in [2.24, 2.45) is 0 Å². The van der Waals surface area contributed by atoms with E-state index in [0.29, 0.717) is 0 Å². The van der Waals surface area contributed by atoms with Gasteiger partial charge in [0, 0.05) is 10.0 Å². The summed E-state index contributed by atoms with van der Waals surface area (Å²) < 4.78 is 1.09. The molecule has 2 heteroatoms. The van der Waals surface area contributed by atoms with E-state index in [4.69, 9.17) is 0 Å². The fourth-order valence-electron chi connectivity index (χ4n) is 1.55. The molecule has 0 N–H and O–H groups in total. The van der Waals surface area contributed by atoms with Gasteiger partial charge in [-0.25, -0.2) is 0 Å². The van der Waals surface area contributed by atoms with Gasteiger partial charge in [0.1, 0.15) is 6.29 Å². The van der Waals surface area contributed by atoms with Gasteiger partial charge in [-0.2, -0.15) is 0 Å². The van der Waals surface area contributed by atoms with E-state index in [1.807, 2.05) is 36.4 Å². The quantitative estimate of drug-likeness (QED) is 0.777. The van der Waals surface area contributed by atoms with E-state index < -0.39 is 0 Å². The highest BCUT2D eigenvalue weighted by atomic mass is 79.9. The Morgan fingerprint density at radius 2 is 1.38 bits per heavy atom. The number of carbonyl (C=O) groups is 1. The predicted octanol–water partition coefficient (Wildman–Crippen LogP) is 3.85. The van der Waals surface area contributed by atoms with Gasteiger partial charge in [0.2, 0.25) is 0 Å². The first-order chi connectivity index (χ1) is 7.78.